The Labute approximate surface area is 211 Å². The highest BCUT2D eigenvalue weighted by Gasteiger charge is 2.34. The van der Waals surface area contributed by atoms with Gasteiger partial charge < -0.3 is 9.80 Å². The predicted octanol–water partition coefficient (Wildman–Crippen LogP) is 4.11. The van der Waals surface area contributed by atoms with Gasteiger partial charge in [-0.25, -0.2) is 9.97 Å². The molecule has 1 atom stereocenters. The van der Waals surface area contributed by atoms with Crippen LogP contribution < -0.4 is 0 Å². The molecule has 5 heterocycles. The maximum absolute atomic E-state index is 13.9. The van der Waals surface area contributed by atoms with Gasteiger partial charge in [0.05, 0.1) is 16.6 Å². The zero-order chi connectivity index (χ0) is 24.8. The number of aromatic nitrogens is 4. The van der Waals surface area contributed by atoms with E-state index in [0.717, 1.165) is 62.0 Å². The fourth-order valence-electron chi connectivity index (χ4n) is 5.85. The van der Waals surface area contributed by atoms with Crippen molar-refractivity contribution in [1.82, 2.24) is 29.5 Å². The highest BCUT2D eigenvalue weighted by Crippen LogP contribution is 2.41. The molecule has 8 nitrogen and oxygen atoms in total. The zero-order valence-corrected chi connectivity index (χ0v) is 21.2. The first kappa shape index (κ1) is 23.1. The van der Waals surface area contributed by atoms with Crippen molar-refractivity contribution in [1.29, 1.82) is 0 Å². The van der Waals surface area contributed by atoms with E-state index >= 15 is 0 Å². The second kappa shape index (κ2) is 9.30. The van der Waals surface area contributed by atoms with Crippen molar-refractivity contribution in [3.05, 3.63) is 47.4 Å². The smallest absolute Gasteiger partial charge is 0.254 e. The van der Waals surface area contributed by atoms with Crippen LogP contribution in [0, 0.1) is 18.8 Å². The molecule has 8 heteroatoms. The van der Waals surface area contributed by atoms with Crippen LogP contribution in [0.2, 0.25) is 0 Å². The van der Waals surface area contributed by atoms with E-state index in [0.29, 0.717) is 42.0 Å². The second-order valence-corrected chi connectivity index (χ2v) is 10.9. The number of amides is 2. The van der Waals surface area contributed by atoms with E-state index in [1.54, 1.807) is 10.9 Å². The third-order valence-electron chi connectivity index (χ3n) is 8.03. The normalized spacial score (nSPS) is 21.2. The van der Waals surface area contributed by atoms with E-state index in [-0.39, 0.29) is 17.7 Å². The lowest BCUT2D eigenvalue weighted by molar-refractivity contribution is -0.138. The van der Waals surface area contributed by atoms with E-state index in [9.17, 15) is 9.59 Å². The molecular weight excluding hydrogens is 452 g/mol. The van der Waals surface area contributed by atoms with E-state index in [1.165, 1.54) is 6.42 Å². The monoisotopic (exact) mass is 486 g/mol. The number of pyridine rings is 2. The third kappa shape index (κ3) is 4.27. The van der Waals surface area contributed by atoms with Crippen LogP contribution >= 0.6 is 0 Å². The minimum atomic E-state index is 0.0189. The number of rotatable bonds is 4. The number of nitrogens with zero attached hydrogens (tertiary/aromatic N) is 6. The van der Waals surface area contributed by atoms with E-state index < -0.39 is 0 Å². The minimum absolute atomic E-state index is 0.0189. The second-order valence-electron chi connectivity index (χ2n) is 10.9. The van der Waals surface area contributed by atoms with Gasteiger partial charge in [0.2, 0.25) is 5.91 Å². The molecule has 1 unspecified atom stereocenters. The van der Waals surface area contributed by atoms with Crippen molar-refractivity contribution in [2.45, 2.75) is 58.3 Å². The van der Waals surface area contributed by atoms with Crippen LogP contribution in [0.15, 0.2) is 30.5 Å². The lowest BCUT2D eigenvalue weighted by atomic mass is 9.92. The van der Waals surface area contributed by atoms with E-state index in [4.69, 9.17) is 10.1 Å². The lowest BCUT2D eigenvalue weighted by Gasteiger charge is -2.37. The number of likely N-dealkylation sites (tertiary alicyclic amines) is 2. The molecule has 188 valence electrons. The fraction of sp³-hybridized carbons (Fsp3) is 0.536. The molecule has 6 rings (SSSR count). The summed E-state index contributed by atoms with van der Waals surface area (Å²) < 4.78 is 1.76. The average Bonchev–Trinajstić information content (AvgIpc) is 3.71. The van der Waals surface area contributed by atoms with Gasteiger partial charge in [0.15, 0.2) is 11.5 Å². The topological polar surface area (TPSA) is 84.2 Å². The first-order chi connectivity index (χ1) is 17.5. The largest absolute Gasteiger partial charge is 0.342 e. The fourth-order valence-corrected chi connectivity index (χ4v) is 5.85. The van der Waals surface area contributed by atoms with Crippen LogP contribution in [0.5, 0.6) is 0 Å². The number of carbonyl (C=O) groups excluding carboxylic acids is 2. The van der Waals surface area contributed by atoms with Crippen LogP contribution in [0.3, 0.4) is 0 Å². The maximum atomic E-state index is 13.9. The Kier molecular flexibility index (Phi) is 5.97. The van der Waals surface area contributed by atoms with E-state index in [1.807, 2.05) is 36.1 Å². The van der Waals surface area contributed by atoms with Crippen LogP contribution in [0.25, 0.3) is 16.9 Å². The molecular formula is C28H34N6O2. The molecule has 2 saturated heterocycles. The molecule has 0 radical (unpaired) electrons. The molecule has 2 aliphatic heterocycles. The van der Waals surface area contributed by atoms with Crippen molar-refractivity contribution < 1.29 is 9.59 Å². The molecule has 36 heavy (non-hydrogen) atoms. The Bertz CT molecular complexity index is 1290. The van der Waals surface area contributed by atoms with Gasteiger partial charge in [-0.3, -0.25) is 9.59 Å². The first-order valence-corrected chi connectivity index (χ1v) is 13.4. The summed E-state index contributed by atoms with van der Waals surface area (Å²) in [6.45, 7) is 7.12. The van der Waals surface area contributed by atoms with Crippen LogP contribution in [0.4, 0.5) is 0 Å². The van der Waals surface area contributed by atoms with Gasteiger partial charge in [-0.15, -0.1) is 0 Å². The summed E-state index contributed by atoms with van der Waals surface area (Å²) in [5.74, 6) is 2.00. The van der Waals surface area contributed by atoms with Crippen LogP contribution in [-0.4, -0.2) is 67.5 Å². The summed E-state index contributed by atoms with van der Waals surface area (Å²) in [5.41, 5.74) is 3.12. The van der Waals surface area contributed by atoms with Crippen molar-refractivity contribution in [3.63, 3.8) is 0 Å². The maximum Gasteiger partial charge on any atom is 0.254 e. The number of aryl methyl sites for hydroxylation is 1. The molecule has 0 spiro atoms. The van der Waals surface area contributed by atoms with Crippen molar-refractivity contribution >= 4 is 22.8 Å². The molecule has 1 saturated carbocycles. The van der Waals surface area contributed by atoms with Crippen LogP contribution in [-0.2, 0) is 4.79 Å². The summed E-state index contributed by atoms with van der Waals surface area (Å²) >= 11 is 0. The Morgan fingerprint density at radius 2 is 1.81 bits per heavy atom. The lowest BCUT2D eigenvalue weighted by Crippen LogP contribution is -2.47. The van der Waals surface area contributed by atoms with Gasteiger partial charge in [0.1, 0.15) is 0 Å². The Hall–Kier alpha value is -3.29. The van der Waals surface area contributed by atoms with Gasteiger partial charge in [-0.2, -0.15) is 9.78 Å². The number of hydrogen-bond acceptors (Lipinski definition) is 5. The SMILES string of the molecule is Cc1nn(-c2ccccn2)c2nc(C3CC3)cc(C(=O)N3CCC(C(=O)N4CCCC(C)C4)CC3)c12. The van der Waals surface area contributed by atoms with Crippen molar-refractivity contribution in [2.75, 3.05) is 26.2 Å². The summed E-state index contributed by atoms with van der Waals surface area (Å²) in [7, 11) is 0. The summed E-state index contributed by atoms with van der Waals surface area (Å²) in [6.07, 6.45) is 7.70. The molecule has 1 aliphatic carbocycles. The van der Waals surface area contributed by atoms with E-state index in [2.05, 4.69) is 16.8 Å². The van der Waals surface area contributed by atoms with Crippen LogP contribution in [0.1, 0.15) is 73.1 Å². The Morgan fingerprint density at radius 3 is 2.50 bits per heavy atom. The molecule has 2 amide bonds. The average molecular weight is 487 g/mol. The standard InChI is InChI=1S/C28H34N6O2/c1-18-6-5-13-33(17-18)27(35)21-10-14-32(15-11-21)28(36)22-16-23(20-8-9-20)30-26-25(22)19(2)31-34(26)24-7-3-4-12-29-24/h3-4,7,12,16,18,20-21H,5-6,8-11,13-15,17H2,1-2H3. The molecule has 3 fully saturated rings. The zero-order valence-electron chi connectivity index (χ0n) is 21.2. The van der Waals surface area contributed by atoms with Gasteiger partial charge in [-0.1, -0.05) is 13.0 Å². The first-order valence-electron chi connectivity index (χ1n) is 13.4. The number of hydrogen-bond donors (Lipinski definition) is 0. The van der Waals surface area contributed by atoms with Gasteiger partial charge in [0, 0.05) is 49.9 Å². The van der Waals surface area contributed by atoms with Gasteiger partial charge >= 0.3 is 0 Å². The van der Waals surface area contributed by atoms with Gasteiger partial charge in [0.25, 0.3) is 5.91 Å². The quantitative estimate of drug-likeness (QED) is 0.554. The summed E-state index contributed by atoms with van der Waals surface area (Å²) in [5, 5.41) is 5.53. The molecule has 3 aromatic rings. The molecule has 0 bridgehead atoms. The molecule has 0 N–H and O–H groups in total. The summed E-state index contributed by atoms with van der Waals surface area (Å²) in [4.78, 5) is 40.4. The van der Waals surface area contributed by atoms with Crippen molar-refractivity contribution in [2.24, 2.45) is 11.8 Å². The molecule has 0 aromatic carbocycles. The van der Waals surface area contributed by atoms with Crippen molar-refractivity contribution in [3.8, 4) is 5.82 Å². The highest BCUT2D eigenvalue weighted by molar-refractivity contribution is 6.07. The molecule has 3 aromatic heterocycles. The third-order valence-corrected chi connectivity index (χ3v) is 8.03. The Morgan fingerprint density at radius 1 is 1.00 bits per heavy atom. The predicted molar refractivity (Wildman–Crippen MR) is 137 cm³/mol. The highest BCUT2D eigenvalue weighted by atomic mass is 16.2. The summed E-state index contributed by atoms with van der Waals surface area (Å²) in [6, 6.07) is 7.70. The number of fused-ring (bicyclic) bond motifs is 1. The molecule has 3 aliphatic rings. The number of piperidine rings is 2. The number of carbonyl (C=O) groups is 2. The Balaban J connectivity index is 1.26. The minimum Gasteiger partial charge on any atom is -0.342 e. The van der Waals surface area contributed by atoms with Gasteiger partial charge in [-0.05, 0) is 69.6 Å².